The SMILES string of the molecule is CO/N=C(\C(=O)NC1C(=O)N2C(C(=O)O)=C(/C=C/Cn3ncnn3)SCC12)c1csc(N)n1. The third-order valence-electron chi connectivity index (χ3n) is 4.68. The largest absolute Gasteiger partial charge is 0.477 e. The number of fused-ring (bicyclic) bond motifs is 1. The van der Waals surface area contributed by atoms with Gasteiger partial charge in [0.2, 0.25) is 0 Å². The molecule has 4 heterocycles. The summed E-state index contributed by atoms with van der Waals surface area (Å²) in [6, 6.07) is -1.45. The van der Waals surface area contributed by atoms with Crippen LogP contribution in [0, 0.1) is 0 Å². The Morgan fingerprint density at radius 3 is 2.94 bits per heavy atom. The second kappa shape index (κ2) is 9.37. The second-order valence-corrected chi connectivity index (χ2v) is 8.59. The van der Waals surface area contributed by atoms with Crippen LogP contribution in [0.15, 0.2) is 39.6 Å². The van der Waals surface area contributed by atoms with E-state index < -0.39 is 29.9 Å². The van der Waals surface area contributed by atoms with Gasteiger partial charge in [0.15, 0.2) is 17.2 Å². The highest BCUT2D eigenvalue weighted by atomic mass is 32.2. The summed E-state index contributed by atoms with van der Waals surface area (Å²) in [6.45, 7) is 0.287. The Kier molecular flexibility index (Phi) is 6.36. The Morgan fingerprint density at radius 2 is 2.30 bits per heavy atom. The molecule has 2 aromatic rings. The maximum absolute atomic E-state index is 12.8. The van der Waals surface area contributed by atoms with Crippen molar-refractivity contribution in [2.24, 2.45) is 5.16 Å². The minimum Gasteiger partial charge on any atom is -0.477 e. The van der Waals surface area contributed by atoms with Crippen LogP contribution in [0.25, 0.3) is 0 Å². The first-order chi connectivity index (χ1) is 15.9. The maximum atomic E-state index is 12.8. The van der Waals surface area contributed by atoms with Crippen LogP contribution in [0.4, 0.5) is 5.13 Å². The lowest BCUT2D eigenvalue weighted by Gasteiger charge is -2.49. The molecule has 4 N–H and O–H groups in total. The van der Waals surface area contributed by atoms with E-state index in [0.29, 0.717) is 10.7 Å². The second-order valence-electron chi connectivity index (χ2n) is 6.64. The average Bonchev–Trinajstić information content (AvgIpc) is 3.46. The summed E-state index contributed by atoms with van der Waals surface area (Å²) in [6.07, 6.45) is 4.56. The Balaban J connectivity index is 1.49. The molecule has 14 nitrogen and oxygen atoms in total. The van der Waals surface area contributed by atoms with Crippen LogP contribution in [0.2, 0.25) is 0 Å². The summed E-state index contributed by atoms with van der Waals surface area (Å²) < 4.78 is 0. The van der Waals surface area contributed by atoms with Crippen molar-refractivity contribution in [2.45, 2.75) is 18.6 Å². The van der Waals surface area contributed by atoms with Gasteiger partial charge in [-0.2, -0.15) is 4.80 Å². The lowest BCUT2D eigenvalue weighted by atomic mass is 9.94. The normalized spacial score (nSPS) is 20.6. The van der Waals surface area contributed by atoms with E-state index in [1.54, 1.807) is 12.2 Å². The lowest BCUT2D eigenvalue weighted by molar-refractivity contribution is -0.153. The third-order valence-corrected chi connectivity index (χ3v) is 6.51. The molecule has 0 saturated carbocycles. The van der Waals surface area contributed by atoms with E-state index >= 15 is 0 Å². The van der Waals surface area contributed by atoms with Crippen molar-refractivity contribution in [2.75, 3.05) is 18.6 Å². The fourth-order valence-electron chi connectivity index (χ4n) is 3.28. The quantitative estimate of drug-likeness (QED) is 0.234. The van der Waals surface area contributed by atoms with Crippen molar-refractivity contribution in [1.29, 1.82) is 0 Å². The van der Waals surface area contributed by atoms with E-state index in [0.717, 1.165) is 11.3 Å². The number of hydrogen-bond acceptors (Lipinski definition) is 12. The monoisotopic (exact) mass is 491 g/mol. The Labute approximate surface area is 194 Å². The summed E-state index contributed by atoms with van der Waals surface area (Å²) in [5.41, 5.74) is 5.54. The summed E-state index contributed by atoms with van der Waals surface area (Å²) in [5, 5.41) is 29.0. The molecule has 0 radical (unpaired) electrons. The predicted octanol–water partition coefficient (Wildman–Crippen LogP) is -0.943. The van der Waals surface area contributed by atoms with Crippen LogP contribution in [0.5, 0.6) is 0 Å². The number of tetrazole rings is 1. The number of β-lactam (4-membered cyclic amide) rings is 1. The molecule has 172 valence electrons. The number of thioether (sulfide) groups is 1. The van der Waals surface area contributed by atoms with Crippen LogP contribution >= 0.6 is 23.1 Å². The molecule has 1 saturated heterocycles. The van der Waals surface area contributed by atoms with Crippen molar-refractivity contribution < 1.29 is 24.3 Å². The predicted molar refractivity (Wildman–Crippen MR) is 117 cm³/mol. The number of rotatable bonds is 8. The number of anilines is 1. The van der Waals surface area contributed by atoms with Crippen molar-refractivity contribution in [3.05, 3.63) is 40.2 Å². The molecule has 33 heavy (non-hydrogen) atoms. The van der Waals surface area contributed by atoms with E-state index in [9.17, 15) is 19.5 Å². The molecule has 16 heteroatoms. The van der Waals surface area contributed by atoms with E-state index in [1.165, 1.54) is 40.3 Å². The first-order valence-electron chi connectivity index (χ1n) is 9.34. The number of carbonyl (C=O) groups excluding carboxylic acids is 2. The number of nitrogens with zero attached hydrogens (tertiary/aromatic N) is 7. The summed E-state index contributed by atoms with van der Waals surface area (Å²) in [5.74, 6) is -2.08. The van der Waals surface area contributed by atoms with Crippen molar-refractivity contribution in [3.8, 4) is 0 Å². The highest BCUT2D eigenvalue weighted by molar-refractivity contribution is 8.03. The fraction of sp³-hybridized carbons (Fsp3) is 0.294. The van der Waals surface area contributed by atoms with Gasteiger partial charge in [-0.15, -0.1) is 33.3 Å². The summed E-state index contributed by atoms with van der Waals surface area (Å²) in [7, 11) is 1.27. The Morgan fingerprint density at radius 1 is 1.48 bits per heavy atom. The fourth-order valence-corrected chi connectivity index (χ4v) is 5.03. The average molecular weight is 492 g/mol. The van der Waals surface area contributed by atoms with Gasteiger partial charge < -0.3 is 21.0 Å². The molecule has 2 aromatic heterocycles. The van der Waals surface area contributed by atoms with Gasteiger partial charge in [0.05, 0.1) is 12.6 Å². The van der Waals surface area contributed by atoms with Gasteiger partial charge in [-0.05, 0) is 11.3 Å². The molecule has 2 amide bonds. The lowest BCUT2D eigenvalue weighted by Crippen LogP contribution is -2.73. The van der Waals surface area contributed by atoms with E-state index in [1.807, 2.05) is 0 Å². The topological polar surface area (TPSA) is 191 Å². The van der Waals surface area contributed by atoms with Crippen molar-refractivity contribution in [1.82, 2.24) is 35.4 Å². The number of nitrogens with one attached hydrogen (secondary N) is 1. The molecule has 0 aromatic carbocycles. The zero-order valence-electron chi connectivity index (χ0n) is 17.0. The Hall–Kier alpha value is -3.79. The van der Waals surface area contributed by atoms with E-state index in [2.05, 4.69) is 30.9 Å². The van der Waals surface area contributed by atoms with Gasteiger partial charge in [-0.1, -0.05) is 11.2 Å². The molecule has 2 aliphatic rings. The smallest absolute Gasteiger partial charge is 0.353 e. The zero-order valence-corrected chi connectivity index (χ0v) is 18.6. The number of allylic oxidation sites excluding steroid dienone is 2. The van der Waals surface area contributed by atoms with Gasteiger partial charge in [-0.25, -0.2) is 9.78 Å². The van der Waals surface area contributed by atoms with Gasteiger partial charge in [-0.3, -0.25) is 14.5 Å². The molecule has 4 rings (SSSR count). The minimum atomic E-state index is -1.25. The zero-order chi connectivity index (χ0) is 23.5. The molecule has 2 aliphatic heterocycles. The molecule has 1 fully saturated rings. The van der Waals surface area contributed by atoms with Crippen LogP contribution < -0.4 is 11.1 Å². The number of oxime groups is 1. The highest BCUT2D eigenvalue weighted by Gasteiger charge is 2.53. The molecular weight excluding hydrogens is 474 g/mol. The number of hydrogen-bond donors (Lipinski definition) is 3. The molecule has 0 aliphatic carbocycles. The number of carbonyl (C=O) groups is 3. The number of aromatic nitrogens is 5. The van der Waals surface area contributed by atoms with Gasteiger partial charge in [0.25, 0.3) is 11.8 Å². The number of aliphatic carboxylic acids is 1. The van der Waals surface area contributed by atoms with Crippen LogP contribution in [0.1, 0.15) is 5.69 Å². The first kappa shape index (κ1) is 22.4. The molecular formula is C17H17N9O5S2. The maximum Gasteiger partial charge on any atom is 0.353 e. The van der Waals surface area contributed by atoms with Gasteiger partial charge in [0.1, 0.15) is 24.5 Å². The number of amides is 2. The molecule has 2 unspecified atom stereocenters. The van der Waals surface area contributed by atoms with Crippen LogP contribution in [-0.4, -0.2) is 83.6 Å². The van der Waals surface area contributed by atoms with Crippen LogP contribution in [-0.2, 0) is 25.8 Å². The molecule has 2 atom stereocenters. The highest BCUT2D eigenvalue weighted by Crippen LogP contribution is 2.39. The first-order valence-corrected chi connectivity index (χ1v) is 11.2. The number of carboxylic acid groups (broad SMARTS) is 1. The van der Waals surface area contributed by atoms with Gasteiger partial charge in [0, 0.05) is 16.0 Å². The Bertz CT molecular complexity index is 1170. The molecule has 0 spiro atoms. The summed E-state index contributed by atoms with van der Waals surface area (Å²) in [4.78, 5) is 49.2. The third kappa shape index (κ3) is 4.42. The van der Waals surface area contributed by atoms with E-state index in [-0.39, 0.29) is 28.8 Å². The number of nitrogen functional groups attached to an aromatic ring is 1. The number of thiazole rings is 1. The van der Waals surface area contributed by atoms with Gasteiger partial charge >= 0.3 is 5.97 Å². The molecule has 0 bridgehead atoms. The van der Waals surface area contributed by atoms with Crippen LogP contribution in [0.3, 0.4) is 0 Å². The number of carboxylic acids is 1. The van der Waals surface area contributed by atoms with E-state index in [4.69, 9.17) is 10.6 Å². The standard InChI is InChI=1S/C17H17N9O5S2/c1-31-23-11(8-5-33-17(18)21-8)14(27)22-12-9-6-32-10(3-2-4-25-20-7-19-24-25)13(16(29)30)26(9)15(12)28/h2-3,5,7,9,12H,4,6H2,1H3,(H2,18,21)(H,22,27)(H,29,30)/b3-2+,23-11-. The number of nitrogens with two attached hydrogens (primary N) is 1. The van der Waals surface area contributed by atoms with Crippen molar-refractivity contribution in [3.63, 3.8) is 0 Å². The van der Waals surface area contributed by atoms with Crippen molar-refractivity contribution >= 4 is 51.7 Å². The minimum absolute atomic E-state index is 0.139. The summed E-state index contributed by atoms with van der Waals surface area (Å²) >= 11 is 2.39.